The maximum absolute atomic E-state index is 11.7. The molecule has 1 aliphatic rings. The van der Waals surface area contributed by atoms with Gasteiger partial charge in [0.25, 0.3) is 5.91 Å². The molecular formula is C11H18N4O. The summed E-state index contributed by atoms with van der Waals surface area (Å²) in [7, 11) is 0. The van der Waals surface area contributed by atoms with E-state index in [0.717, 1.165) is 12.1 Å². The van der Waals surface area contributed by atoms with Crippen molar-refractivity contribution in [3.8, 4) is 0 Å². The molecular weight excluding hydrogens is 204 g/mol. The number of hydrogen-bond acceptors (Lipinski definition) is 3. The van der Waals surface area contributed by atoms with Crippen LogP contribution in [-0.2, 0) is 12.1 Å². The van der Waals surface area contributed by atoms with Crippen molar-refractivity contribution in [3.63, 3.8) is 0 Å². The SMILES string of the molecule is CCC(C)(C)n1cnc2c1CNCNC2=O. The van der Waals surface area contributed by atoms with E-state index in [0.29, 0.717) is 18.9 Å². The molecule has 2 heterocycles. The number of nitrogens with one attached hydrogen (secondary N) is 2. The fraction of sp³-hybridized carbons (Fsp3) is 0.636. The zero-order valence-electron chi connectivity index (χ0n) is 10.0. The van der Waals surface area contributed by atoms with Crippen LogP contribution in [-0.4, -0.2) is 22.1 Å². The van der Waals surface area contributed by atoms with Crippen LogP contribution in [0.2, 0.25) is 0 Å². The van der Waals surface area contributed by atoms with Crippen LogP contribution in [0, 0.1) is 0 Å². The van der Waals surface area contributed by atoms with Crippen molar-refractivity contribution in [3.05, 3.63) is 17.7 Å². The van der Waals surface area contributed by atoms with Crippen molar-refractivity contribution in [2.24, 2.45) is 0 Å². The van der Waals surface area contributed by atoms with Crippen LogP contribution in [0.15, 0.2) is 6.33 Å². The van der Waals surface area contributed by atoms with Gasteiger partial charge in [-0.1, -0.05) is 6.92 Å². The standard InChI is InChI=1S/C11H18N4O/c1-4-11(2,3)15-7-14-9-8(15)5-12-6-13-10(9)16/h7,12H,4-6H2,1-3H3,(H,13,16). The van der Waals surface area contributed by atoms with E-state index in [4.69, 9.17) is 0 Å². The van der Waals surface area contributed by atoms with E-state index in [-0.39, 0.29) is 11.4 Å². The summed E-state index contributed by atoms with van der Waals surface area (Å²) in [4.78, 5) is 15.9. The van der Waals surface area contributed by atoms with Crippen molar-refractivity contribution >= 4 is 5.91 Å². The van der Waals surface area contributed by atoms with Gasteiger partial charge in [0.1, 0.15) is 0 Å². The van der Waals surface area contributed by atoms with Crippen LogP contribution >= 0.6 is 0 Å². The lowest BCUT2D eigenvalue weighted by Crippen LogP contribution is -2.30. The molecule has 0 unspecified atom stereocenters. The van der Waals surface area contributed by atoms with E-state index in [2.05, 4.69) is 41.0 Å². The van der Waals surface area contributed by atoms with Crippen molar-refractivity contribution in [2.75, 3.05) is 6.67 Å². The van der Waals surface area contributed by atoms with Crippen molar-refractivity contribution in [1.82, 2.24) is 20.2 Å². The number of aromatic nitrogens is 2. The summed E-state index contributed by atoms with van der Waals surface area (Å²) in [6, 6.07) is 0. The summed E-state index contributed by atoms with van der Waals surface area (Å²) in [5, 5.41) is 5.92. The molecule has 1 amide bonds. The molecule has 0 aliphatic carbocycles. The number of hydrogen-bond donors (Lipinski definition) is 2. The Balaban J connectivity index is 2.47. The molecule has 16 heavy (non-hydrogen) atoms. The predicted molar refractivity (Wildman–Crippen MR) is 61.0 cm³/mol. The van der Waals surface area contributed by atoms with Crippen LogP contribution < -0.4 is 10.6 Å². The Labute approximate surface area is 95.2 Å². The highest BCUT2D eigenvalue weighted by Gasteiger charge is 2.26. The Morgan fingerprint density at radius 1 is 1.56 bits per heavy atom. The fourth-order valence-electron chi connectivity index (χ4n) is 1.83. The first kappa shape index (κ1) is 11.1. The number of nitrogens with zero attached hydrogens (tertiary/aromatic N) is 2. The van der Waals surface area contributed by atoms with Gasteiger partial charge in [-0.05, 0) is 20.3 Å². The lowest BCUT2D eigenvalue weighted by molar-refractivity contribution is 0.0949. The normalized spacial score (nSPS) is 16.6. The van der Waals surface area contributed by atoms with Crippen molar-refractivity contribution < 1.29 is 4.79 Å². The summed E-state index contributed by atoms with van der Waals surface area (Å²) in [5.41, 5.74) is 1.51. The highest BCUT2D eigenvalue weighted by Crippen LogP contribution is 2.23. The van der Waals surface area contributed by atoms with Gasteiger partial charge in [-0.25, -0.2) is 4.98 Å². The number of fused-ring (bicyclic) bond motifs is 1. The van der Waals surface area contributed by atoms with Crippen LogP contribution in [0.1, 0.15) is 43.4 Å². The first-order valence-corrected chi connectivity index (χ1v) is 5.62. The number of imidazole rings is 1. The molecule has 0 bridgehead atoms. The number of carbonyl (C=O) groups excluding carboxylic acids is 1. The third kappa shape index (κ3) is 1.71. The zero-order valence-corrected chi connectivity index (χ0v) is 10.0. The average Bonchev–Trinajstić information content (AvgIpc) is 2.61. The lowest BCUT2D eigenvalue weighted by Gasteiger charge is -2.27. The molecule has 2 rings (SSSR count). The van der Waals surface area contributed by atoms with Gasteiger partial charge in [-0.15, -0.1) is 0 Å². The molecule has 5 nitrogen and oxygen atoms in total. The Kier molecular flexibility index (Phi) is 2.71. The number of carbonyl (C=O) groups is 1. The summed E-state index contributed by atoms with van der Waals surface area (Å²) >= 11 is 0. The highest BCUT2D eigenvalue weighted by molar-refractivity contribution is 5.93. The van der Waals surface area contributed by atoms with Gasteiger partial charge in [0.15, 0.2) is 5.69 Å². The molecule has 2 N–H and O–H groups in total. The molecule has 88 valence electrons. The maximum Gasteiger partial charge on any atom is 0.272 e. The topological polar surface area (TPSA) is 59.0 Å². The van der Waals surface area contributed by atoms with Crippen LogP contribution in [0.3, 0.4) is 0 Å². The Bertz CT molecular complexity index is 408. The summed E-state index contributed by atoms with van der Waals surface area (Å²) in [6.07, 6.45) is 2.76. The molecule has 0 spiro atoms. The minimum atomic E-state index is -0.0920. The molecule has 5 heteroatoms. The minimum Gasteiger partial charge on any atom is -0.338 e. The third-order valence-electron chi connectivity index (χ3n) is 3.27. The first-order valence-electron chi connectivity index (χ1n) is 5.62. The molecule has 0 saturated carbocycles. The van der Waals surface area contributed by atoms with Crippen molar-refractivity contribution in [1.29, 1.82) is 0 Å². The Morgan fingerprint density at radius 3 is 3.00 bits per heavy atom. The van der Waals surface area contributed by atoms with E-state index in [1.165, 1.54) is 0 Å². The molecule has 0 fully saturated rings. The summed E-state index contributed by atoms with van der Waals surface area (Å²) < 4.78 is 2.10. The van der Waals surface area contributed by atoms with Gasteiger partial charge in [0.05, 0.1) is 18.7 Å². The van der Waals surface area contributed by atoms with Gasteiger partial charge in [0, 0.05) is 12.1 Å². The van der Waals surface area contributed by atoms with Gasteiger partial charge in [0.2, 0.25) is 0 Å². The molecule has 1 aromatic heterocycles. The molecule has 0 aromatic carbocycles. The second-order valence-electron chi connectivity index (χ2n) is 4.69. The van der Waals surface area contributed by atoms with Crippen LogP contribution in [0.25, 0.3) is 0 Å². The van der Waals surface area contributed by atoms with Crippen LogP contribution in [0.5, 0.6) is 0 Å². The molecule has 1 aliphatic heterocycles. The van der Waals surface area contributed by atoms with Gasteiger partial charge in [-0.2, -0.15) is 0 Å². The predicted octanol–water partition coefficient (Wildman–Crippen LogP) is 0.819. The van der Waals surface area contributed by atoms with Crippen LogP contribution in [0.4, 0.5) is 0 Å². The second kappa shape index (κ2) is 3.90. The van der Waals surface area contributed by atoms with Gasteiger partial charge < -0.3 is 9.88 Å². The van der Waals surface area contributed by atoms with Crippen molar-refractivity contribution in [2.45, 2.75) is 39.3 Å². The molecule has 0 radical (unpaired) electrons. The van der Waals surface area contributed by atoms with E-state index in [1.54, 1.807) is 6.33 Å². The average molecular weight is 222 g/mol. The van der Waals surface area contributed by atoms with E-state index in [1.807, 2.05) is 0 Å². The molecule has 0 saturated heterocycles. The zero-order chi connectivity index (χ0) is 11.8. The monoisotopic (exact) mass is 222 g/mol. The summed E-state index contributed by atoms with van der Waals surface area (Å²) in [6.45, 7) is 7.62. The van der Waals surface area contributed by atoms with E-state index >= 15 is 0 Å². The summed E-state index contributed by atoms with van der Waals surface area (Å²) in [5.74, 6) is -0.0920. The number of rotatable bonds is 2. The maximum atomic E-state index is 11.7. The second-order valence-corrected chi connectivity index (χ2v) is 4.69. The van der Waals surface area contributed by atoms with Gasteiger partial charge >= 0.3 is 0 Å². The minimum absolute atomic E-state index is 0.00706. The quantitative estimate of drug-likeness (QED) is 0.779. The van der Waals surface area contributed by atoms with Gasteiger partial charge in [-0.3, -0.25) is 10.1 Å². The Hall–Kier alpha value is -1.36. The number of amides is 1. The smallest absolute Gasteiger partial charge is 0.272 e. The Morgan fingerprint density at radius 2 is 2.31 bits per heavy atom. The fourth-order valence-corrected chi connectivity index (χ4v) is 1.83. The lowest BCUT2D eigenvalue weighted by atomic mass is 10.0. The largest absolute Gasteiger partial charge is 0.338 e. The van der Waals surface area contributed by atoms with E-state index < -0.39 is 0 Å². The van der Waals surface area contributed by atoms with E-state index in [9.17, 15) is 4.79 Å². The third-order valence-corrected chi connectivity index (χ3v) is 3.27. The molecule has 0 atom stereocenters. The molecule has 1 aromatic rings. The first-order chi connectivity index (χ1) is 7.56. The highest BCUT2D eigenvalue weighted by atomic mass is 16.2.